The Labute approximate surface area is 106 Å². The molecule has 2 N–H and O–H groups in total. The van der Waals surface area contributed by atoms with Crippen LogP contribution in [0, 0.1) is 6.92 Å². The van der Waals surface area contributed by atoms with Crippen LogP contribution < -0.4 is 10.6 Å². The first kappa shape index (κ1) is 13.8. The summed E-state index contributed by atoms with van der Waals surface area (Å²) in [6.45, 7) is 3.13. The second-order valence-corrected chi connectivity index (χ2v) is 4.10. The van der Waals surface area contributed by atoms with Crippen LogP contribution in [0.4, 0.5) is 10.5 Å². The third kappa shape index (κ3) is 5.06. The molecule has 0 unspecified atom stereocenters. The number of carbonyl (C=O) groups excluding carboxylic acids is 1. The number of methoxy groups -OCH3 is 1. The second-order valence-electron chi connectivity index (χ2n) is 3.69. The van der Waals surface area contributed by atoms with Gasteiger partial charge in [0.25, 0.3) is 0 Å². The number of nitrogens with one attached hydrogen (secondary N) is 2. The molecule has 0 radical (unpaired) electrons. The summed E-state index contributed by atoms with van der Waals surface area (Å²) in [7, 11) is 1.63. The van der Waals surface area contributed by atoms with E-state index < -0.39 is 0 Å². The van der Waals surface area contributed by atoms with E-state index in [0.717, 1.165) is 12.0 Å². The zero-order chi connectivity index (χ0) is 12.7. The highest BCUT2D eigenvalue weighted by Gasteiger charge is 2.02. The van der Waals surface area contributed by atoms with Crippen molar-refractivity contribution in [1.29, 1.82) is 0 Å². The first-order valence-electron chi connectivity index (χ1n) is 5.43. The number of amides is 2. The normalized spacial score (nSPS) is 10.1. The fourth-order valence-corrected chi connectivity index (χ4v) is 1.44. The standard InChI is InChI=1S/C12H17ClN2O2/c1-9-4-5-10(8-11(9)13)15-12(16)14-6-3-7-17-2/h4-5,8H,3,6-7H2,1-2H3,(H2,14,15,16). The number of halogens is 1. The van der Waals surface area contributed by atoms with Crippen LogP contribution in [0.1, 0.15) is 12.0 Å². The van der Waals surface area contributed by atoms with Crippen LogP contribution >= 0.6 is 11.6 Å². The maximum Gasteiger partial charge on any atom is 0.319 e. The maximum atomic E-state index is 11.5. The van der Waals surface area contributed by atoms with Gasteiger partial charge >= 0.3 is 6.03 Å². The van der Waals surface area contributed by atoms with Crippen LogP contribution in [0.5, 0.6) is 0 Å². The number of carbonyl (C=O) groups is 1. The zero-order valence-electron chi connectivity index (χ0n) is 10.0. The number of hydrogen-bond acceptors (Lipinski definition) is 2. The molecule has 0 aliphatic carbocycles. The summed E-state index contributed by atoms with van der Waals surface area (Å²) in [5.74, 6) is 0. The predicted molar refractivity (Wildman–Crippen MR) is 69.7 cm³/mol. The minimum absolute atomic E-state index is 0.235. The predicted octanol–water partition coefficient (Wildman–Crippen LogP) is 2.81. The first-order valence-corrected chi connectivity index (χ1v) is 5.81. The van der Waals surface area contributed by atoms with Gasteiger partial charge in [-0.2, -0.15) is 0 Å². The van der Waals surface area contributed by atoms with E-state index in [1.807, 2.05) is 19.1 Å². The number of urea groups is 1. The summed E-state index contributed by atoms with van der Waals surface area (Å²) < 4.78 is 4.88. The fraction of sp³-hybridized carbons (Fsp3) is 0.417. The van der Waals surface area contributed by atoms with Crippen molar-refractivity contribution in [3.05, 3.63) is 28.8 Å². The van der Waals surface area contributed by atoms with E-state index in [2.05, 4.69) is 10.6 Å². The lowest BCUT2D eigenvalue weighted by Crippen LogP contribution is -2.30. The monoisotopic (exact) mass is 256 g/mol. The van der Waals surface area contributed by atoms with Crippen LogP contribution in [-0.2, 0) is 4.74 Å². The Morgan fingerprint density at radius 1 is 1.47 bits per heavy atom. The van der Waals surface area contributed by atoms with Crippen LogP contribution in [0.3, 0.4) is 0 Å². The molecule has 0 fully saturated rings. The molecule has 2 amide bonds. The summed E-state index contributed by atoms with van der Waals surface area (Å²) in [6, 6.07) is 5.17. The molecule has 17 heavy (non-hydrogen) atoms. The fourth-order valence-electron chi connectivity index (χ4n) is 1.26. The van der Waals surface area contributed by atoms with Crippen molar-refractivity contribution in [2.45, 2.75) is 13.3 Å². The molecule has 0 bridgehead atoms. The van der Waals surface area contributed by atoms with Crippen LogP contribution in [0.2, 0.25) is 5.02 Å². The molecule has 1 rings (SSSR count). The van der Waals surface area contributed by atoms with E-state index in [-0.39, 0.29) is 6.03 Å². The molecule has 94 valence electrons. The van der Waals surface area contributed by atoms with E-state index in [9.17, 15) is 4.79 Å². The Kier molecular flexibility index (Phi) is 5.80. The third-order valence-electron chi connectivity index (χ3n) is 2.24. The topological polar surface area (TPSA) is 50.4 Å². The number of ether oxygens (including phenoxy) is 1. The quantitative estimate of drug-likeness (QED) is 0.796. The first-order chi connectivity index (χ1) is 8.13. The molecule has 0 saturated heterocycles. The molecule has 0 saturated carbocycles. The van der Waals surface area contributed by atoms with E-state index >= 15 is 0 Å². The molecular formula is C12H17ClN2O2. The number of aryl methyl sites for hydroxylation is 1. The van der Waals surface area contributed by atoms with Gasteiger partial charge in [0.1, 0.15) is 0 Å². The highest BCUT2D eigenvalue weighted by Crippen LogP contribution is 2.19. The van der Waals surface area contributed by atoms with Gasteiger partial charge in [0.2, 0.25) is 0 Å². The minimum Gasteiger partial charge on any atom is -0.385 e. The number of benzene rings is 1. The average molecular weight is 257 g/mol. The van der Waals surface area contributed by atoms with Gasteiger partial charge in [-0.15, -0.1) is 0 Å². The number of anilines is 1. The van der Waals surface area contributed by atoms with E-state index in [1.165, 1.54) is 0 Å². The Balaban J connectivity index is 2.37. The number of rotatable bonds is 5. The molecule has 0 spiro atoms. The van der Waals surface area contributed by atoms with Gasteiger partial charge in [0, 0.05) is 31.0 Å². The maximum absolute atomic E-state index is 11.5. The Bertz CT molecular complexity index is 383. The molecule has 0 heterocycles. The minimum atomic E-state index is -0.235. The van der Waals surface area contributed by atoms with Gasteiger partial charge in [-0.3, -0.25) is 0 Å². The van der Waals surface area contributed by atoms with Crippen molar-refractivity contribution in [2.24, 2.45) is 0 Å². The average Bonchev–Trinajstić information content (AvgIpc) is 2.30. The highest BCUT2D eigenvalue weighted by molar-refractivity contribution is 6.31. The van der Waals surface area contributed by atoms with Crippen LogP contribution in [-0.4, -0.2) is 26.3 Å². The van der Waals surface area contributed by atoms with Crippen molar-refractivity contribution in [2.75, 3.05) is 25.6 Å². The largest absolute Gasteiger partial charge is 0.385 e. The van der Waals surface area contributed by atoms with Gasteiger partial charge in [-0.05, 0) is 31.0 Å². The molecule has 5 heteroatoms. The van der Waals surface area contributed by atoms with Crippen molar-refractivity contribution in [3.8, 4) is 0 Å². The summed E-state index contributed by atoms with van der Waals surface area (Å²) in [6.07, 6.45) is 0.790. The molecule has 1 aromatic rings. The summed E-state index contributed by atoms with van der Waals surface area (Å²) in [4.78, 5) is 11.5. The lowest BCUT2D eigenvalue weighted by atomic mass is 10.2. The van der Waals surface area contributed by atoms with Crippen molar-refractivity contribution < 1.29 is 9.53 Å². The lowest BCUT2D eigenvalue weighted by Gasteiger charge is -2.08. The molecule has 0 aromatic heterocycles. The van der Waals surface area contributed by atoms with Crippen LogP contribution in [0.25, 0.3) is 0 Å². The van der Waals surface area contributed by atoms with Gasteiger partial charge in [0.15, 0.2) is 0 Å². The molecule has 0 aliphatic heterocycles. The molecule has 4 nitrogen and oxygen atoms in total. The van der Waals surface area contributed by atoms with Crippen LogP contribution in [0.15, 0.2) is 18.2 Å². The Hall–Kier alpha value is -1.26. The smallest absolute Gasteiger partial charge is 0.319 e. The summed E-state index contributed by atoms with van der Waals surface area (Å²) >= 11 is 5.95. The lowest BCUT2D eigenvalue weighted by molar-refractivity contribution is 0.194. The second kappa shape index (κ2) is 7.14. The SMILES string of the molecule is COCCCNC(=O)Nc1ccc(C)c(Cl)c1. The zero-order valence-corrected chi connectivity index (χ0v) is 10.8. The molecule has 0 aliphatic rings. The third-order valence-corrected chi connectivity index (χ3v) is 2.65. The van der Waals surface area contributed by atoms with E-state index in [0.29, 0.717) is 23.9 Å². The summed E-state index contributed by atoms with van der Waals surface area (Å²) in [5.41, 5.74) is 1.67. The Morgan fingerprint density at radius 3 is 2.88 bits per heavy atom. The van der Waals surface area contributed by atoms with Crippen molar-refractivity contribution in [3.63, 3.8) is 0 Å². The van der Waals surface area contributed by atoms with Gasteiger partial charge < -0.3 is 15.4 Å². The Morgan fingerprint density at radius 2 is 2.24 bits per heavy atom. The molecular weight excluding hydrogens is 240 g/mol. The molecule has 0 atom stereocenters. The van der Waals surface area contributed by atoms with Crippen molar-refractivity contribution in [1.82, 2.24) is 5.32 Å². The van der Waals surface area contributed by atoms with Crippen molar-refractivity contribution >= 4 is 23.3 Å². The number of hydrogen-bond donors (Lipinski definition) is 2. The summed E-state index contributed by atoms with van der Waals surface area (Å²) in [5, 5.41) is 6.08. The van der Waals surface area contributed by atoms with Gasteiger partial charge in [0.05, 0.1) is 0 Å². The molecule has 1 aromatic carbocycles. The van der Waals surface area contributed by atoms with E-state index in [4.69, 9.17) is 16.3 Å². The van der Waals surface area contributed by atoms with Gasteiger partial charge in [-0.25, -0.2) is 4.79 Å². The van der Waals surface area contributed by atoms with Gasteiger partial charge in [-0.1, -0.05) is 17.7 Å². The van der Waals surface area contributed by atoms with E-state index in [1.54, 1.807) is 13.2 Å². The highest BCUT2D eigenvalue weighted by atomic mass is 35.5.